The molecule has 3 rings (SSSR count). The molecule has 3 aromatic rings. The molecule has 0 spiro atoms. The lowest BCUT2D eigenvalue weighted by atomic mass is 10.2. The Morgan fingerprint density at radius 2 is 1.86 bits per heavy atom. The molecule has 0 saturated heterocycles. The number of anilines is 1. The van der Waals surface area contributed by atoms with E-state index >= 15 is 0 Å². The number of hydrogen-bond acceptors (Lipinski definition) is 9. The van der Waals surface area contributed by atoms with E-state index in [1.807, 2.05) is 0 Å². The number of nitro groups is 2. The molecule has 1 amide bonds. The van der Waals surface area contributed by atoms with Crippen LogP contribution in [0.25, 0.3) is 11.4 Å². The molecule has 0 aliphatic carbocycles. The van der Waals surface area contributed by atoms with Crippen LogP contribution in [0.15, 0.2) is 42.5 Å². The minimum Gasteiger partial charge on any atom is -0.496 e. The van der Waals surface area contributed by atoms with Crippen molar-refractivity contribution in [1.82, 2.24) is 20.2 Å². The first-order valence-electron chi connectivity index (χ1n) is 8.02. The molecule has 0 atom stereocenters. The summed E-state index contributed by atoms with van der Waals surface area (Å²) in [7, 11) is 1.37. The summed E-state index contributed by atoms with van der Waals surface area (Å²) < 4.78 is 4.94. The number of rotatable bonds is 7. The van der Waals surface area contributed by atoms with Crippen LogP contribution >= 0.6 is 0 Å². The Morgan fingerprint density at radius 3 is 2.48 bits per heavy atom. The highest BCUT2D eigenvalue weighted by atomic mass is 16.6. The van der Waals surface area contributed by atoms with E-state index < -0.39 is 15.8 Å². The van der Waals surface area contributed by atoms with E-state index in [9.17, 15) is 25.0 Å². The molecular weight excluding hydrogens is 386 g/mol. The van der Waals surface area contributed by atoms with Crippen molar-refractivity contribution in [2.45, 2.75) is 6.54 Å². The van der Waals surface area contributed by atoms with Gasteiger partial charge in [-0.2, -0.15) is 4.80 Å². The summed E-state index contributed by atoms with van der Waals surface area (Å²) in [5, 5.41) is 35.9. The number of methoxy groups -OCH3 is 1. The van der Waals surface area contributed by atoms with Gasteiger partial charge in [0.2, 0.25) is 11.7 Å². The zero-order chi connectivity index (χ0) is 21.0. The van der Waals surface area contributed by atoms with Crippen molar-refractivity contribution in [1.29, 1.82) is 0 Å². The molecule has 0 aliphatic heterocycles. The maximum atomic E-state index is 12.2. The second kappa shape index (κ2) is 8.08. The van der Waals surface area contributed by atoms with Crippen LogP contribution in [0.5, 0.6) is 5.75 Å². The van der Waals surface area contributed by atoms with E-state index in [-0.39, 0.29) is 35.2 Å². The van der Waals surface area contributed by atoms with Crippen molar-refractivity contribution in [2.24, 2.45) is 0 Å². The fourth-order valence-corrected chi connectivity index (χ4v) is 2.37. The number of carbonyl (C=O) groups is 1. The van der Waals surface area contributed by atoms with E-state index in [1.165, 1.54) is 49.6 Å². The van der Waals surface area contributed by atoms with Crippen LogP contribution in [0, 0.1) is 20.2 Å². The van der Waals surface area contributed by atoms with Gasteiger partial charge < -0.3 is 10.1 Å². The van der Waals surface area contributed by atoms with Gasteiger partial charge in [-0.1, -0.05) is 0 Å². The number of ether oxygens (including phenoxy) is 1. The lowest BCUT2D eigenvalue weighted by Crippen LogP contribution is -2.21. The molecule has 0 saturated carbocycles. The Balaban J connectivity index is 1.71. The highest BCUT2D eigenvalue weighted by Crippen LogP contribution is 2.29. The van der Waals surface area contributed by atoms with Gasteiger partial charge in [0.05, 0.1) is 23.0 Å². The molecule has 0 radical (unpaired) electrons. The standard InChI is InChI=1S/C16H13N7O6/c1-29-12-6-7-13(14(8-12)23(27)28)17-15(24)9-21-19-16(18-20-21)10-2-4-11(5-3-10)22(25)26/h2-8H,9H2,1H3,(H,17,24). The van der Waals surface area contributed by atoms with E-state index in [0.717, 1.165) is 4.80 Å². The lowest BCUT2D eigenvalue weighted by molar-refractivity contribution is -0.384. The highest BCUT2D eigenvalue weighted by molar-refractivity contribution is 5.93. The highest BCUT2D eigenvalue weighted by Gasteiger charge is 2.18. The molecule has 0 aliphatic rings. The first-order valence-corrected chi connectivity index (χ1v) is 8.02. The van der Waals surface area contributed by atoms with E-state index in [2.05, 4.69) is 20.7 Å². The monoisotopic (exact) mass is 399 g/mol. The molecule has 13 nitrogen and oxygen atoms in total. The van der Waals surface area contributed by atoms with Gasteiger partial charge >= 0.3 is 0 Å². The van der Waals surface area contributed by atoms with Crippen molar-refractivity contribution >= 4 is 23.0 Å². The Hall–Kier alpha value is -4.42. The molecular formula is C16H13N7O6. The van der Waals surface area contributed by atoms with Crippen LogP contribution in [0.2, 0.25) is 0 Å². The molecule has 1 heterocycles. The van der Waals surface area contributed by atoms with E-state index in [4.69, 9.17) is 4.74 Å². The molecule has 0 fully saturated rings. The zero-order valence-electron chi connectivity index (χ0n) is 14.9. The van der Waals surface area contributed by atoms with Gasteiger partial charge in [-0.15, -0.1) is 10.2 Å². The third-order valence-electron chi connectivity index (χ3n) is 3.75. The minimum atomic E-state index is -0.640. The maximum absolute atomic E-state index is 12.2. The SMILES string of the molecule is COc1ccc(NC(=O)Cn2nnc(-c3ccc([N+](=O)[O-])cc3)n2)c([N+](=O)[O-])c1. The van der Waals surface area contributed by atoms with Gasteiger partial charge in [-0.25, -0.2) is 0 Å². The Morgan fingerprint density at radius 1 is 1.14 bits per heavy atom. The maximum Gasteiger partial charge on any atom is 0.296 e. The quantitative estimate of drug-likeness (QED) is 0.460. The van der Waals surface area contributed by atoms with Crippen molar-refractivity contribution < 1.29 is 19.4 Å². The van der Waals surface area contributed by atoms with Crippen molar-refractivity contribution in [3.05, 3.63) is 62.7 Å². The van der Waals surface area contributed by atoms with Crippen molar-refractivity contribution in [3.63, 3.8) is 0 Å². The predicted octanol–water partition coefficient (Wildman–Crippen LogP) is 1.80. The fraction of sp³-hybridized carbons (Fsp3) is 0.125. The normalized spacial score (nSPS) is 10.4. The third-order valence-corrected chi connectivity index (χ3v) is 3.75. The molecule has 13 heteroatoms. The van der Waals surface area contributed by atoms with Crippen LogP contribution in [-0.4, -0.2) is 43.1 Å². The third kappa shape index (κ3) is 4.47. The van der Waals surface area contributed by atoms with Crippen LogP contribution in [0.4, 0.5) is 17.1 Å². The first kappa shape index (κ1) is 19.3. The summed E-state index contributed by atoms with van der Waals surface area (Å²) in [4.78, 5) is 33.9. The number of aromatic nitrogens is 4. The molecule has 1 aromatic heterocycles. The van der Waals surface area contributed by atoms with Crippen LogP contribution in [0.1, 0.15) is 0 Å². The average molecular weight is 399 g/mol. The number of nitrogens with zero attached hydrogens (tertiary/aromatic N) is 6. The number of non-ortho nitro benzene ring substituents is 1. The zero-order valence-corrected chi connectivity index (χ0v) is 14.9. The number of nitro benzene ring substituents is 2. The lowest BCUT2D eigenvalue weighted by Gasteiger charge is -2.07. The van der Waals surface area contributed by atoms with Crippen LogP contribution < -0.4 is 10.1 Å². The Bertz CT molecular complexity index is 1080. The first-order chi connectivity index (χ1) is 13.9. The Kier molecular flexibility index (Phi) is 5.39. The number of carbonyl (C=O) groups excluding carboxylic acids is 1. The molecule has 2 aromatic carbocycles. The smallest absolute Gasteiger partial charge is 0.296 e. The number of nitrogens with one attached hydrogen (secondary N) is 1. The Labute approximate surface area is 162 Å². The van der Waals surface area contributed by atoms with Crippen LogP contribution in [-0.2, 0) is 11.3 Å². The summed E-state index contributed by atoms with van der Waals surface area (Å²) in [6.07, 6.45) is 0. The van der Waals surface area contributed by atoms with Gasteiger partial charge in [-0.05, 0) is 29.5 Å². The molecule has 0 unspecified atom stereocenters. The van der Waals surface area contributed by atoms with Crippen molar-refractivity contribution in [3.8, 4) is 17.1 Å². The van der Waals surface area contributed by atoms with E-state index in [1.54, 1.807) is 0 Å². The predicted molar refractivity (Wildman–Crippen MR) is 98.2 cm³/mol. The van der Waals surface area contributed by atoms with Gasteiger partial charge in [0, 0.05) is 17.7 Å². The molecule has 148 valence electrons. The van der Waals surface area contributed by atoms with Crippen molar-refractivity contribution in [2.75, 3.05) is 12.4 Å². The summed E-state index contributed by atoms with van der Waals surface area (Å²) in [5.74, 6) is -0.158. The molecule has 29 heavy (non-hydrogen) atoms. The van der Waals surface area contributed by atoms with Gasteiger partial charge in [0.25, 0.3) is 11.4 Å². The number of amides is 1. The minimum absolute atomic E-state index is 0.00323. The summed E-state index contributed by atoms with van der Waals surface area (Å²) in [6.45, 7) is -0.344. The average Bonchev–Trinajstić information content (AvgIpc) is 3.16. The second-order valence-corrected chi connectivity index (χ2v) is 5.64. The largest absolute Gasteiger partial charge is 0.496 e. The molecule has 1 N–H and O–H groups in total. The summed E-state index contributed by atoms with van der Waals surface area (Å²) in [5.41, 5.74) is 0.0713. The number of hydrogen-bond donors (Lipinski definition) is 1. The van der Waals surface area contributed by atoms with E-state index in [0.29, 0.717) is 5.56 Å². The summed E-state index contributed by atoms with van der Waals surface area (Å²) in [6, 6.07) is 9.53. The van der Waals surface area contributed by atoms with Crippen LogP contribution in [0.3, 0.4) is 0 Å². The fourth-order valence-electron chi connectivity index (χ4n) is 2.37. The number of benzene rings is 2. The topological polar surface area (TPSA) is 168 Å². The van der Waals surface area contributed by atoms with Gasteiger partial charge in [-0.3, -0.25) is 25.0 Å². The van der Waals surface area contributed by atoms with Gasteiger partial charge in [0.1, 0.15) is 18.0 Å². The number of tetrazole rings is 1. The summed E-state index contributed by atoms with van der Waals surface area (Å²) >= 11 is 0. The van der Waals surface area contributed by atoms with Gasteiger partial charge in [0.15, 0.2) is 0 Å². The molecule has 0 bridgehead atoms. The second-order valence-electron chi connectivity index (χ2n) is 5.64.